The lowest BCUT2D eigenvalue weighted by molar-refractivity contribution is -0.149. The third-order valence-corrected chi connectivity index (χ3v) is 3.90. The first kappa shape index (κ1) is 16.9. The van der Waals surface area contributed by atoms with Crippen LogP contribution in [0.1, 0.15) is 24.5 Å². The number of hydrogen-bond donors (Lipinski definition) is 2. The Bertz CT molecular complexity index is 510. The second-order valence-electron chi connectivity index (χ2n) is 5.26. The molecular weight excluding hydrogens is 262 g/mol. The highest BCUT2D eigenvalue weighted by atomic mass is 16.4. The van der Waals surface area contributed by atoms with E-state index in [-0.39, 0.29) is 6.15 Å². The highest BCUT2D eigenvalue weighted by Crippen LogP contribution is 2.32. The fraction of sp³-hybridized carbons (Fsp3) is 0.278. The summed E-state index contributed by atoms with van der Waals surface area (Å²) in [4.78, 5) is 11.9. The summed E-state index contributed by atoms with van der Waals surface area (Å²) < 4.78 is 0. The molecule has 0 aliphatic heterocycles. The van der Waals surface area contributed by atoms with Gasteiger partial charge in [0, 0.05) is 0 Å². The maximum atomic E-state index is 11.9. The molecule has 2 rings (SSSR count). The van der Waals surface area contributed by atoms with Crippen molar-refractivity contribution in [2.75, 3.05) is 0 Å². The van der Waals surface area contributed by atoms with Gasteiger partial charge in [0.15, 0.2) is 0 Å². The normalized spacial score (nSPS) is 10.7. The van der Waals surface area contributed by atoms with Crippen molar-refractivity contribution in [3.8, 4) is 0 Å². The topological polar surface area (TPSA) is 72.3 Å². The highest BCUT2D eigenvalue weighted by Gasteiger charge is 2.36. The largest absolute Gasteiger partial charge is 0.481 e. The zero-order chi connectivity index (χ0) is 14.4. The van der Waals surface area contributed by atoms with Crippen molar-refractivity contribution in [3.05, 3.63) is 71.8 Å². The van der Waals surface area contributed by atoms with Gasteiger partial charge in [0.1, 0.15) is 0 Å². The molecule has 0 radical (unpaired) electrons. The standard InChI is InChI=1S/C18H20O2.H3N/c1-2-18(17(19)20,13-15-9-5-3-6-10-15)14-16-11-7-4-8-12-16;/h3-12H,2,13-14H2,1H3,(H,19,20);1H3. The van der Waals surface area contributed by atoms with Crippen LogP contribution in [0.4, 0.5) is 0 Å². The molecule has 0 aromatic heterocycles. The molecule has 0 fully saturated rings. The predicted octanol–water partition coefficient (Wildman–Crippen LogP) is 4.11. The molecular formula is C18H23NO2. The Balaban J connectivity index is 0.00000220. The van der Waals surface area contributed by atoms with E-state index in [0.29, 0.717) is 19.3 Å². The molecule has 3 nitrogen and oxygen atoms in total. The van der Waals surface area contributed by atoms with Crippen LogP contribution in [0.2, 0.25) is 0 Å². The summed E-state index contributed by atoms with van der Waals surface area (Å²) in [6, 6.07) is 19.7. The van der Waals surface area contributed by atoms with E-state index in [2.05, 4.69) is 0 Å². The molecule has 0 aliphatic rings. The van der Waals surface area contributed by atoms with Gasteiger partial charge < -0.3 is 11.3 Å². The van der Waals surface area contributed by atoms with Crippen LogP contribution in [0.3, 0.4) is 0 Å². The van der Waals surface area contributed by atoms with Crippen molar-refractivity contribution in [1.29, 1.82) is 0 Å². The van der Waals surface area contributed by atoms with E-state index >= 15 is 0 Å². The SMILES string of the molecule is CCC(Cc1ccccc1)(Cc1ccccc1)C(=O)O.N. The predicted molar refractivity (Wildman–Crippen MR) is 85.7 cm³/mol. The van der Waals surface area contributed by atoms with E-state index < -0.39 is 11.4 Å². The quantitative estimate of drug-likeness (QED) is 0.838. The number of rotatable bonds is 6. The molecule has 0 spiro atoms. The first-order chi connectivity index (χ1) is 9.66. The summed E-state index contributed by atoms with van der Waals surface area (Å²) in [5.74, 6) is -0.715. The van der Waals surface area contributed by atoms with Gasteiger partial charge in [-0.2, -0.15) is 0 Å². The lowest BCUT2D eigenvalue weighted by atomic mass is 9.74. The van der Waals surface area contributed by atoms with Crippen LogP contribution in [0.25, 0.3) is 0 Å². The number of carbonyl (C=O) groups is 1. The summed E-state index contributed by atoms with van der Waals surface area (Å²) in [5, 5.41) is 9.75. The third-order valence-electron chi connectivity index (χ3n) is 3.90. The van der Waals surface area contributed by atoms with Crippen LogP contribution in [-0.4, -0.2) is 11.1 Å². The van der Waals surface area contributed by atoms with Gasteiger partial charge >= 0.3 is 5.97 Å². The second kappa shape index (κ2) is 7.60. The van der Waals surface area contributed by atoms with Gasteiger partial charge in [0.05, 0.1) is 5.41 Å². The van der Waals surface area contributed by atoms with Gasteiger partial charge in [-0.15, -0.1) is 0 Å². The van der Waals surface area contributed by atoms with Gasteiger partial charge in [-0.05, 0) is 30.4 Å². The minimum absolute atomic E-state index is 0. The lowest BCUT2D eigenvalue weighted by Gasteiger charge is -2.28. The van der Waals surface area contributed by atoms with Crippen molar-refractivity contribution in [2.45, 2.75) is 26.2 Å². The molecule has 4 N–H and O–H groups in total. The third kappa shape index (κ3) is 4.17. The maximum Gasteiger partial charge on any atom is 0.310 e. The summed E-state index contributed by atoms with van der Waals surface area (Å²) in [7, 11) is 0. The number of carboxylic acids is 1. The Morgan fingerprint density at radius 2 is 1.29 bits per heavy atom. The minimum atomic E-state index is -0.733. The van der Waals surface area contributed by atoms with Crippen LogP contribution < -0.4 is 6.15 Å². The minimum Gasteiger partial charge on any atom is -0.481 e. The van der Waals surface area contributed by atoms with Crippen LogP contribution >= 0.6 is 0 Å². The Morgan fingerprint density at radius 3 is 1.57 bits per heavy atom. The van der Waals surface area contributed by atoms with E-state index in [1.807, 2.05) is 67.6 Å². The smallest absolute Gasteiger partial charge is 0.310 e. The molecule has 0 atom stereocenters. The molecule has 0 heterocycles. The lowest BCUT2D eigenvalue weighted by Crippen LogP contribution is -2.35. The molecule has 0 amide bonds. The summed E-state index contributed by atoms with van der Waals surface area (Å²) >= 11 is 0. The van der Waals surface area contributed by atoms with E-state index in [4.69, 9.17) is 0 Å². The average Bonchev–Trinajstić information content (AvgIpc) is 2.48. The van der Waals surface area contributed by atoms with Crippen molar-refractivity contribution in [1.82, 2.24) is 6.15 Å². The molecule has 0 unspecified atom stereocenters. The number of benzene rings is 2. The van der Waals surface area contributed by atoms with Gasteiger partial charge in [0.2, 0.25) is 0 Å². The Kier molecular flexibility index (Phi) is 6.12. The molecule has 0 aliphatic carbocycles. The van der Waals surface area contributed by atoms with Crippen molar-refractivity contribution < 1.29 is 9.90 Å². The average molecular weight is 285 g/mol. The van der Waals surface area contributed by atoms with E-state index in [1.54, 1.807) is 0 Å². The first-order valence-corrected chi connectivity index (χ1v) is 6.97. The molecule has 2 aromatic rings. The van der Waals surface area contributed by atoms with Crippen LogP contribution in [0.5, 0.6) is 0 Å². The fourth-order valence-corrected chi connectivity index (χ4v) is 2.59. The van der Waals surface area contributed by atoms with Gasteiger partial charge in [-0.3, -0.25) is 4.79 Å². The van der Waals surface area contributed by atoms with E-state index in [0.717, 1.165) is 11.1 Å². The van der Waals surface area contributed by atoms with Crippen LogP contribution in [0, 0.1) is 5.41 Å². The van der Waals surface area contributed by atoms with Crippen LogP contribution in [-0.2, 0) is 17.6 Å². The maximum absolute atomic E-state index is 11.9. The summed E-state index contributed by atoms with van der Waals surface area (Å²) in [6.45, 7) is 1.96. The number of aliphatic carboxylic acids is 1. The van der Waals surface area contributed by atoms with Crippen molar-refractivity contribution in [2.24, 2.45) is 5.41 Å². The molecule has 0 bridgehead atoms. The van der Waals surface area contributed by atoms with Crippen LogP contribution in [0.15, 0.2) is 60.7 Å². The number of hydrogen-bond acceptors (Lipinski definition) is 2. The number of carboxylic acid groups (broad SMARTS) is 1. The van der Waals surface area contributed by atoms with E-state index in [9.17, 15) is 9.90 Å². The Labute approximate surface area is 126 Å². The molecule has 21 heavy (non-hydrogen) atoms. The molecule has 3 heteroatoms. The highest BCUT2D eigenvalue weighted by molar-refractivity contribution is 5.75. The van der Waals surface area contributed by atoms with Gasteiger partial charge in [-0.25, -0.2) is 0 Å². The first-order valence-electron chi connectivity index (χ1n) is 6.97. The Hall–Kier alpha value is -2.13. The Morgan fingerprint density at radius 1 is 0.905 bits per heavy atom. The summed E-state index contributed by atoms with van der Waals surface area (Å²) in [5.41, 5.74) is 1.42. The monoisotopic (exact) mass is 285 g/mol. The zero-order valence-corrected chi connectivity index (χ0v) is 12.5. The zero-order valence-electron chi connectivity index (χ0n) is 12.5. The van der Waals surface area contributed by atoms with Gasteiger partial charge in [-0.1, -0.05) is 67.6 Å². The van der Waals surface area contributed by atoms with Crippen molar-refractivity contribution >= 4 is 5.97 Å². The molecule has 0 saturated carbocycles. The molecule has 2 aromatic carbocycles. The molecule has 112 valence electrons. The second-order valence-corrected chi connectivity index (χ2v) is 5.26. The van der Waals surface area contributed by atoms with Gasteiger partial charge in [0.25, 0.3) is 0 Å². The fourth-order valence-electron chi connectivity index (χ4n) is 2.59. The van der Waals surface area contributed by atoms with E-state index in [1.165, 1.54) is 0 Å². The molecule has 0 saturated heterocycles. The van der Waals surface area contributed by atoms with Crippen molar-refractivity contribution in [3.63, 3.8) is 0 Å². The summed E-state index contributed by atoms with van der Waals surface area (Å²) in [6.07, 6.45) is 1.75.